The fraction of sp³-hybridized carbons (Fsp3) is 0.500. The van der Waals surface area contributed by atoms with Crippen LogP contribution in [0.15, 0.2) is 18.3 Å². The van der Waals surface area contributed by atoms with Crippen LogP contribution in [-0.4, -0.2) is 45.6 Å². The Morgan fingerprint density at radius 2 is 2.00 bits per heavy atom. The molecule has 8 heteroatoms. The van der Waals surface area contributed by atoms with E-state index in [-0.39, 0.29) is 17.3 Å². The second kappa shape index (κ2) is 6.33. The maximum atomic E-state index is 12.4. The number of carboxylic acids is 1. The molecule has 1 saturated carbocycles. The summed E-state index contributed by atoms with van der Waals surface area (Å²) in [6.45, 7) is -0.395. The first-order valence-corrected chi connectivity index (χ1v) is 6.85. The van der Waals surface area contributed by atoms with Gasteiger partial charge in [0.05, 0.1) is 12.0 Å². The molecule has 1 fully saturated rings. The smallest absolute Gasteiger partial charge is 0.390 e. The normalized spacial score (nSPS) is 15.2. The van der Waals surface area contributed by atoms with E-state index in [1.54, 1.807) is 0 Å². The van der Waals surface area contributed by atoms with E-state index in [1.165, 1.54) is 11.0 Å². The molecule has 1 amide bonds. The van der Waals surface area contributed by atoms with E-state index in [0.29, 0.717) is 12.8 Å². The number of carbonyl (C=O) groups is 2. The topological polar surface area (TPSA) is 70.5 Å². The number of hydrogen-bond acceptors (Lipinski definition) is 3. The number of hydrogen-bond donors (Lipinski definition) is 1. The zero-order valence-corrected chi connectivity index (χ0v) is 11.6. The average molecular weight is 316 g/mol. The summed E-state index contributed by atoms with van der Waals surface area (Å²) in [5, 5.41) is 8.75. The van der Waals surface area contributed by atoms with Gasteiger partial charge in [-0.3, -0.25) is 4.79 Å². The minimum absolute atomic E-state index is 0.0964. The van der Waals surface area contributed by atoms with Crippen LogP contribution in [0.2, 0.25) is 0 Å². The first-order chi connectivity index (χ1) is 10.3. The molecule has 0 radical (unpaired) electrons. The van der Waals surface area contributed by atoms with Gasteiger partial charge in [0.15, 0.2) is 0 Å². The summed E-state index contributed by atoms with van der Waals surface area (Å²) in [5.41, 5.74) is -0.124. The monoisotopic (exact) mass is 316 g/mol. The number of amides is 1. The molecule has 1 N–H and O–H groups in total. The highest BCUT2D eigenvalue weighted by atomic mass is 19.4. The van der Waals surface area contributed by atoms with Gasteiger partial charge in [-0.15, -0.1) is 0 Å². The Labute approximate surface area is 124 Å². The summed E-state index contributed by atoms with van der Waals surface area (Å²) < 4.78 is 37.2. The molecule has 5 nitrogen and oxygen atoms in total. The van der Waals surface area contributed by atoms with Crippen molar-refractivity contribution in [3.63, 3.8) is 0 Å². The fourth-order valence-electron chi connectivity index (χ4n) is 2.21. The van der Waals surface area contributed by atoms with E-state index in [1.807, 2.05) is 0 Å². The van der Waals surface area contributed by atoms with Crippen LogP contribution in [0.1, 0.15) is 46.5 Å². The van der Waals surface area contributed by atoms with Crippen LogP contribution in [0.5, 0.6) is 0 Å². The summed E-state index contributed by atoms with van der Waals surface area (Å²) >= 11 is 0. The number of rotatable bonds is 5. The molecule has 0 saturated heterocycles. The molecule has 1 aromatic rings. The third-order valence-corrected chi connectivity index (χ3v) is 3.64. The quantitative estimate of drug-likeness (QED) is 0.907. The third kappa shape index (κ3) is 3.96. The van der Waals surface area contributed by atoms with Crippen LogP contribution in [0, 0.1) is 0 Å². The third-order valence-electron chi connectivity index (χ3n) is 3.64. The lowest BCUT2D eigenvalue weighted by Crippen LogP contribution is -2.45. The number of carboxylic acid groups (broad SMARTS) is 1. The molecule has 0 aromatic carbocycles. The van der Waals surface area contributed by atoms with E-state index in [9.17, 15) is 22.8 Å². The molecule has 1 aromatic heterocycles. The molecule has 0 bridgehead atoms. The van der Waals surface area contributed by atoms with E-state index in [0.717, 1.165) is 18.7 Å². The minimum atomic E-state index is -4.33. The Kier molecular flexibility index (Phi) is 4.68. The molecular formula is C14H15F3N2O3. The number of carbonyl (C=O) groups excluding carboxylic acids is 1. The molecule has 1 aliphatic rings. The lowest BCUT2D eigenvalue weighted by molar-refractivity contribution is -0.138. The first-order valence-electron chi connectivity index (χ1n) is 6.85. The molecule has 0 atom stereocenters. The van der Waals surface area contributed by atoms with Crippen molar-refractivity contribution in [2.24, 2.45) is 0 Å². The molecule has 1 aliphatic carbocycles. The van der Waals surface area contributed by atoms with Crippen molar-refractivity contribution in [3.05, 3.63) is 29.6 Å². The SMILES string of the molecule is O=C(O)c1ccc(C(=O)N(CCC(F)(F)F)C2CCC2)cn1. The molecule has 1 heterocycles. The van der Waals surface area contributed by atoms with Crippen molar-refractivity contribution >= 4 is 11.9 Å². The maximum Gasteiger partial charge on any atom is 0.390 e. The summed E-state index contributed by atoms with van der Waals surface area (Å²) in [4.78, 5) is 27.9. The Morgan fingerprint density at radius 1 is 1.32 bits per heavy atom. The summed E-state index contributed by atoms with van der Waals surface area (Å²) in [6.07, 6.45) is -2.04. The van der Waals surface area contributed by atoms with Gasteiger partial charge in [-0.1, -0.05) is 0 Å². The largest absolute Gasteiger partial charge is 0.477 e. The number of aromatic carboxylic acids is 1. The number of nitrogens with zero attached hydrogens (tertiary/aromatic N) is 2. The van der Waals surface area contributed by atoms with Crippen molar-refractivity contribution in [3.8, 4) is 0 Å². The van der Waals surface area contributed by atoms with Crippen LogP contribution >= 0.6 is 0 Å². The molecule has 2 rings (SSSR count). The van der Waals surface area contributed by atoms with Gasteiger partial charge in [0.1, 0.15) is 5.69 Å². The summed E-state index contributed by atoms with van der Waals surface area (Å²) in [5.74, 6) is -1.77. The zero-order chi connectivity index (χ0) is 16.3. The van der Waals surface area contributed by atoms with E-state index < -0.39 is 31.0 Å². The number of alkyl halides is 3. The van der Waals surface area contributed by atoms with Crippen molar-refractivity contribution < 1.29 is 27.9 Å². The number of pyridine rings is 1. The Morgan fingerprint density at radius 3 is 2.41 bits per heavy atom. The maximum absolute atomic E-state index is 12.4. The van der Waals surface area contributed by atoms with Gasteiger partial charge in [-0.2, -0.15) is 13.2 Å². The molecule has 0 aliphatic heterocycles. The lowest BCUT2D eigenvalue weighted by Gasteiger charge is -2.37. The predicted octanol–water partition coefficient (Wildman–Crippen LogP) is 2.73. The average Bonchev–Trinajstić information content (AvgIpc) is 2.39. The zero-order valence-electron chi connectivity index (χ0n) is 11.6. The van der Waals surface area contributed by atoms with Crippen molar-refractivity contribution in [2.45, 2.75) is 37.9 Å². The second-order valence-electron chi connectivity index (χ2n) is 5.19. The molecule has 120 valence electrons. The molecular weight excluding hydrogens is 301 g/mol. The summed E-state index contributed by atoms with van der Waals surface area (Å²) in [6, 6.07) is 2.25. The van der Waals surface area contributed by atoms with Gasteiger partial charge in [0.2, 0.25) is 0 Å². The molecule has 0 spiro atoms. The van der Waals surface area contributed by atoms with Crippen LogP contribution in [0.4, 0.5) is 13.2 Å². The first kappa shape index (κ1) is 16.3. The van der Waals surface area contributed by atoms with E-state index in [2.05, 4.69) is 4.98 Å². The van der Waals surface area contributed by atoms with Crippen molar-refractivity contribution in [2.75, 3.05) is 6.54 Å². The predicted molar refractivity (Wildman–Crippen MR) is 70.5 cm³/mol. The Hall–Kier alpha value is -2.12. The number of halogens is 3. The standard InChI is InChI=1S/C14H15F3N2O3/c15-14(16,17)6-7-19(10-2-1-3-10)12(20)9-4-5-11(13(21)22)18-8-9/h4-5,8,10H,1-3,6-7H2,(H,21,22). The Bertz CT molecular complexity index is 553. The van der Waals surface area contributed by atoms with Crippen LogP contribution in [-0.2, 0) is 0 Å². The van der Waals surface area contributed by atoms with Gasteiger partial charge in [0, 0.05) is 18.8 Å². The van der Waals surface area contributed by atoms with E-state index >= 15 is 0 Å². The highest BCUT2D eigenvalue weighted by Crippen LogP contribution is 2.28. The number of aromatic nitrogens is 1. The second-order valence-corrected chi connectivity index (χ2v) is 5.19. The van der Waals surface area contributed by atoms with Crippen molar-refractivity contribution in [1.82, 2.24) is 9.88 Å². The fourth-order valence-corrected chi connectivity index (χ4v) is 2.21. The Balaban J connectivity index is 2.12. The molecule has 22 heavy (non-hydrogen) atoms. The lowest BCUT2D eigenvalue weighted by atomic mass is 9.91. The molecule has 0 unspecified atom stereocenters. The highest BCUT2D eigenvalue weighted by molar-refractivity contribution is 5.95. The highest BCUT2D eigenvalue weighted by Gasteiger charge is 2.34. The van der Waals surface area contributed by atoms with Crippen LogP contribution in [0.3, 0.4) is 0 Å². The summed E-state index contributed by atoms with van der Waals surface area (Å²) in [7, 11) is 0. The van der Waals surface area contributed by atoms with Gasteiger partial charge < -0.3 is 10.0 Å². The van der Waals surface area contributed by atoms with Gasteiger partial charge in [-0.25, -0.2) is 9.78 Å². The minimum Gasteiger partial charge on any atom is -0.477 e. The van der Waals surface area contributed by atoms with Crippen molar-refractivity contribution in [1.29, 1.82) is 0 Å². The van der Waals surface area contributed by atoms with Gasteiger partial charge >= 0.3 is 12.1 Å². The van der Waals surface area contributed by atoms with Crippen LogP contribution in [0.25, 0.3) is 0 Å². The van der Waals surface area contributed by atoms with E-state index in [4.69, 9.17) is 5.11 Å². The van der Waals surface area contributed by atoms with Gasteiger partial charge in [-0.05, 0) is 31.4 Å². The van der Waals surface area contributed by atoms with Crippen LogP contribution < -0.4 is 0 Å². The van der Waals surface area contributed by atoms with Gasteiger partial charge in [0.25, 0.3) is 5.91 Å².